The Balaban J connectivity index is 3.03. The van der Waals surface area contributed by atoms with E-state index < -0.39 is 0 Å². The van der Waals surface area contributed by atoms with Gasteiger partial charge in [0.05, 0.1) is 0 Å². The highest BCUT2D eigenvalue weighted by atomic mass is 15.1. The van der Waals surface area contributed by atoms with Crippen LogP contribution in [0.25, 0.3) is 0 Å². The summed E-state index contributed by atoms with van der Waals surface area (Å²) in [4.78, 5) is 2.31. The predicted molar refractivity (Wildman–Crippen MR) is 84.6 cm³/mol. The summed E-state index contributed by atoms with van der Waals surface area (Å²) in [6.07, 6.45) is 2.13. The second-order valence-electron chi connectivity index (χ2n) is 6.80. The molecule has 19 heavy (non-hydrogen) atoms. The van der Waals surface area contributed by atoms with Crippen LogP contribution in [-0.2, 0) is 0 Å². The maximum atomic E-state index is 6.14. The van der Waals surface area contributed by atoms with Crippen molar-refractivity contribution in [1.29, 1.82) is 0 Å². The van der Waals surface area contributed by atoms with Gasteiger partial charge in [-0.2, -0.15) is 0 Å². The van der Waals surface area contributed by atoms with Crippen LogP contribution in [0.4, 0.5) is 0 Å². The fraction of sp³-hybridized carbons (Fsp3) is 0.647. The zero-order valence-electron chi connectivity index (χ0n) is 13.7. The van der Waals surface area contributed by atoms with Gasteiger partial charge in [-0.1, -0.05) is 12.1 Å². The minimum absolute atomic E-state index is 0.0953. The number of aryl methyl sites for hydroxylation is 3. The Morgan fingerprint density at radius 3 is 2.05 bits per heavy atom. The quantitative estimate of drug-likeness (QED) is 0.876. The molecule has 2 heteroatoms. The summed E-state index contributed by atoms with van der Waals surface area (Å²) >= 11 is 0. The normalized spacial score (nSPS) is 13.9. The zero-order chi connectivity index (χ0) is 14.8. The summed E-state index contributed by atoms with van der Waals surface area (Å²) in [6.45, 7) is 10.8. The SMILES string of the molecule is Cc1cc(C)c(C(CCC(C)(C)N)N(C)C)cc1C. The minimum atomic E-state index is -0.0953. The number of hydrogen-bond acceptors (Lipinski definition) is 2. The van der Waals surface area contributed by atoms with E-state index in [1.807, 2.05) is 0 Å². The highest BCUT2D eigenvalue weighted by molar-refractivity contribution is 5.38. The van der Waals surface area contributed by atoms with Crippen LogP contribution < -0.4 is 5.73 Å². The van der Waals surface area contributed by atoms with Crippen molar-refractivity contribution in [3.63, 3.8) is 0 Å². The first-order valence-electron chi connectivity index (χ1n) is 7.15. The molecule has 1 atom stereocenters. The summed E-state index contributed by atoms with van der Waals surface area (Å²) in [5.41, 5.74) is 11.6. The highest BCUT2D eigenvalue weighted by Gasteiger charge is 2.20. The van der Waals surface area contributed by atoms with Gasteiger partial charge in [-0.05, 0) is 83.8 Å². The van der Waals surface area contributed by atoms with Gasteiger partial charge in [0.1, 0.15) is 0 Å². The van der Waals surface area contributed by atoms with Crippen molar-refractivity contribution in [2.75, 3.05) is 14.1 Å². The fourth-order valence-electron chi connectivity index (χ4n) is 2.54. The predicted octanol–water partition coefficient (Wildman–Crippen LogP) is 3.73. The van der Waals surface area contributed by atoms with Crippen molar-refractivity contribution < 1.29 is 0 Å². The van der Waals surface area contributed by atoms with E-state index in [-0.39, 0.29) is 5.54 Å². The first kappa shape index (κ1) is 16.2. The van der Waals surface area contributed by atoms with Gasteiger partial charge in [-0.15, -0.1) is 0 Å². The number of nitrogens with two attached hydrogens (primary N) is 1. The van der Waals surface area contributed by atoms with E-state index in [2.05, 4.69) is 65.7 Å². The third-order valence-electron chi connectivity index (χ3n) is 3.93. The average molecular weight is 262 g/mol. The smallest absolute Gasteiger partial charge is 0.0345 e. The lowest BCUT2D eigenvalue weighted by atomic mass is 9.89. The molecule has 1 rings (SSSR count). The van der Waals surface area contributed by atoms with E-state index in [0.29, 0.717) is 6.04 Å². The van der Waals surface area contributed by atoms with E-state index in [4.69, 9.17) is 5.73 Å². The third-order valence-corrected chi connectivity index (χ3v) is 3.93. The van der Waals surface area contributed by atoms with Gasteiger partial charge in [-0.3, -0.25) is 0 Å². The Labute approximate surface area is 119 Å². The van der Waals surface area contributed by atoms with E-state index in [1.54, 1.807) is 0 Å². The van der Waals surface area contributed by atoms with Crippen LogP contribution in [0.5, 0.6) is 0 Å². The molecule has 2 nitrogen and oxygen atoms in total. The molecule has 1 aromatic carbocycles. The van der Waals surface area contributed by atoms with Crippen LogP contribution in [0.15, 0.2) is 12.1 Å². The monoisotopic (exact) mass is 262 g/mol. The molecule has 2 N–H and O–H groups in total. The summed E-state index contributed by atoms with van der Waals surface area (Å²) < 4.78 is 0. The molecule has 0 saturated heterocycles. The molecule has 0 aliphatic rings. The molecule has 0 aliphatic carbocycles. The Kier molecular flexibility index (Phi) is 5.17. The Morgan fingerprint density at radius 2 is 1.58 bits per heavy atom. The number of nitrogens with zero attached hydrogens (tertiary/aromatic N) is 1. The maximum absolute atomic E-state index is 6.14. The molecule has 1 aromatic rings. The second-order valence-corrected chi connectivity index (χ2v) is 6.80. The lowest BCUT2D eigenvalue weighted by molar-refractivity contribution is 0.260. The molecule has 0 aliphatic heterocycles. The lowest BCUT2D eigenvalue weighted by Gasteiger charge is -2.30. The van der Waals surface area contributed by atoms with Crippen LogP contribution in [0.1, 0.15) is 55.0 Å². The summed E-state index contributed by atoms with van der Waals surface area (Å²) in [5, 5.41) is 0. The second kappa shape index (κ2) is 6.06. The highest BCUT2D eigenvalue weighted by Crippen LogP contribution is 2.30. The standard InChI is InChI=1S/C17H30N2/c1-12-10-14(3)15(11-13(12)2)16(19(6)7)8-9-17(4,5)18/h10-11,16H,8-9,18H2,1-7H3. The van der Waals surface area contributed by atoms with Crippen molar-refractivity contribution >= 4 is 0 Å². The molecular formula is C17H30N2. The van der Waals surface area contributed by atoms with E-state index >= 15 is 0 Å². The van der Waals surface area contributed by atoms with E-state index in [9.17, 15) is 0 Å². The summed E-state index contributed by atoms with van der Waals surface area (Å²) in [7, 11) is 4.31. The van der Waals surface area contributed by atoms with Gasteiger partial charge in [0, 0.05) is 11.6 Å². The molecule has 108 valence electrons. The molecule has 0 aromatic heterocycles. The molecule has 0 amide bonds. The number of hydrogen-bond donors (Lipinski definition) is 1. The number of rotatable bonds is 5. The largest absolute Gasteiger partial charge is 0.326 e. The van der Waals surface area contributed by atoms with Gasteiger partial charge in [0.2, 0.25) is 0 Å². The van der Waals surface area contributed by atoms with Crippen molar-refractivity contribution in [3.05, 3.63) is 34.4 Å². The number of benzene rings is 1. The Morgan fingerprint density at radius 1 is 1.05 bits per heavy atom. The van der Waals surface area contributed by atoms with Crippen molar-refractivity contribution in [2.45, 2.75) is 59.0 Å². The fourth-order valence-corrected chi connectivity index (χ4v) is 2.54. The van der Waals surface area contributed by atoms with Crippen molar-refractivity contribution in [2.24, 2.45) is 5.73 Å². The van der Waals surface area contributed by atoms with E-state index in [0.717, 1.165) is 12.8 Å². The lowest BCUT2D eigenvalue weighted by Crippen LogP contribution is -2.33. The summed E-state index contributed by atoms with van der Waals surface area (Å²) in [6, 6.07) is 5.09. The molecule has 1 unspecified atom stereocenters. The Bertz CT molecular complexity index is 428. The molecule has 0 heterocycles. The van der Waals surface area contributed by atoms with Gasteiger partial charge in [0.25, 0.3) is 0 Å². The average Bonchev–Trinajstić information content (AvgIpc) is 2.23. The van der Waals surface area contributed by atoms with Crippen LogP contribution in [0, 0.1) is 20.8 Å². The van der Waals surface area contributed by atoms with E-state index in [1.165, 1.54) is 22.3 Å². The molecular weight excluding hydrogens is 232 g/mol. The van der Waals surface area contributed by atoms with Crippen LogP contribution >= 0.6 is 0 Å². The summed E-state index contributed by atoms with van der Waals surface area (Å²) in [5.74, 6) is 0. The maximum Gasteiger partial charge on any atom is 0.0345 e. The van der Waals surface area contributed by atoms with Gasteiger partial charge in [0.15, 0.2) is 0 Å². The van der Waals surface area contributed by atoms with Crippen molar-refractivity contribution in [1.82, 2.24) is 4.90 Å². The van der Waals surface area contributed by atoms with Crippen LogP contribution in [-0.4, -0.2) is 24.5 Å². The van der Waals surface area contributed by atoms with Crippen LogP contribution in [0.2, 0.25) is 0 Å². The first-order chi connectivity index (χ1) is 8.61. The first-order valence-corrected chi connectivity index (χ1v) is 7.15. The minimum Gasteiger partial charge on any atom is -0.326 e. The topological polar surface area (TPSA) is 29.3 Å². The molecule has 0 fully saturated rings. The zero-order valence-corrected chi connectivity index (χ0v) is 13.7. The molecule has 0 spiro atoms. The molecule has 0 bridgehead atoms. The van der Waals surface area contributed by atoms with Crippen molar-refractivity contribution in [3.8, 4) is 0 Å². The van der Waals surface area contributed by atoms with Crippen LogP contribution in [0.3, 0.4) is 0 Å². The molecule has 0 saturated carbocycles. The Hall–Kier alpha value is -0.860. The van der Waals surface area contributed by atoms with Gasteiger partial charge >= 0.3 is 0 Å². The van der Waals surface area contributed by atoms with Gasteiger partial charge < -0.3 is 10.6 Å². The van der Waals surface area contributed by atoms with Gasteiger partial charge in [-0.25, -0.2) is 0 Å². The molecule has 0 radical (unpaired) electrons. The third kappa shape index (κ3) is 4.63.